The van der Waals surface area contributed by atoms with Gasteiger partial charge in [-0.15, -0.1) is 0 Å². The van der Waals surface area contributed by atoms with E-state index in [2.05, 4.69) is 5.32 Å². The Morgan fingerprint density at radius 3 is 2.23 bits per heavy atom. The number of benzene rings is 3. The fraction of sp³-hybridized carbons (Fsp3) is 0.355. The summed E-state index contributed by atoms with van der Waals surface area (Å²) in [5.41, 5.74) is 3.73. The Morgan fingerprint density at radius 2 is 1.62 bits per heavy atom. The monoisotopic (exact) mass is 583 g/mol. The van der Waals surface area contributed by atoms with Crippen LogP contribution in [0.3, 0.4) is 0 Å². The molecule has 0 bridgehead atoms. The summed E-state index contributed by atoms with van der Waals surface area (Å²) >= 11 is 6.11. The van der Waals surface area contributed by atoms with E-state index in [1.54, 1.807) is 25.1 Å². The maximum atomic E-state index is 14.1. The van der Waals surface area contributed by atoms with Crippen LogP contribution in [0.4, 0.5) is 5.69 Å². The first-order valence-electron chi connectivity index (χ1n) is 13.3. The number of aryl methyl sites for hydroxylation is 2. The molecule has 0 saturated heterocycles. The Bertz CT molecular complexity index is 1430. The predicted octanol–water partition coefficient (Wildman–Crippen LogP) is 5.28. The fourth-order valence-electron chi connectivity index (χ4n) is 4.50. The molecule has 0 aliphatic rings. The summed E-state index contributed by atoms with van der Waals surface area (Å²) in [5.74, 6) is -0.769. The van der Waals surface area contributed by atoms with E-state index < -0.39 is 28.5 Å². The molecule has 0 radical (unpaired) electrons. The number of hydrogen-bond donors (Lipinski definition) is 1. The second-order valence-corrected chi connectivity index (χ2v) is 12.6. The summed E-state index contributed by atoms with van der Waals surface area (Å²) in [4.78, 5) is 29.4. The van der Waals surface area contributed by atoms with E-state index >= 15 is 0 Å². The molecule has 2 amide bonds. The van der Waals surface area contributed by atoms with Gasteiger partial charge >= 0.3 is 0 Å². The topological polar surface area (TPSA) is 86.8 Å². The lowest BCUT2D eigenvalue weighted by atomic mass is 10.0. The van der Waals surface area contributed by atoms with E-state index in [4.69, 9.17) is 11.6 Å². The third-order valence-corrected chi connectivity index (χ3v) is 8.18. The minimum Gasteiger partial charge on any atom is -0.352 e. The van der Waals surface area contributed by atoms with Gasteiger partial charge in [-0.25, -0.2) is 8.42 Å². The van der Waals surface area contributed by atoms with Gasteiger partial charge in [0, 0.05) is 24.0 Å². The van der Waals surface area contributed by atoms with Crippen molar-refractivity contribution >= 4 is 39.1 Å². The third-order valence-electron chi connectivity index (χ3n) is 6.81. The van der Waals surface area contributed by atoms with Crippen LogP contribution < -0.4 is 9.62 Å². The quantitative estimate of drug-likeness (QED) is 0.314. The van der Waals surface area contributed by atoms with Crippen molar-refractivity contribution in [3.05, 3.63) is 100 Å². The zero-order chi connectivity index (χ0) is 29.4. The van der Waals surface area contributed by atoms with Gasteiger partial charge < -0.3 is 10.2 Å². The van der Waals surface area contributed by atoms with Gasteiger partial charge in [-0.1, -0.05) is 78.7 Å². The van der Waals surface area contributed by atoms with Gasteiger partial charge in [0.05, 0.1) is 11.9 Å². The molecule has 3 aromatic rings. The number of nitrogens with one attached hydrogen (secondary N) is 1. The lowest BCUT2D eigenvalue weighted by Gasteiger charge is -2.34. The van der Waals surface area contributed by atoms with Crippen LogP contribution in [-0.4, -0.2) is 50.0 Å². The van der Waals surface area contributed by atoms with Crippen molar-refractivity contribution in [2.24, 2.45) is 0 Å². The number of halogens is 1. The highest BCUT2D eigenvalue weighted by atomic mass is 35.5. The van der Waals surface area contributed by atoms with Crippen molar-refractivity contribution in [3.8, 4) is 0 Å². The van der Waals surface area contributed by atoms with Crippen LogP contribution in [0.1, 0.15) is 42.5 Å². The molecule has 40 heavy (non-hydrogen) atoms. The van der Waals surface area contributed by atoms with Crippen molar-refractivity contribution in [2.75, 3.05) is 17.1 Å². The predicted molar refractivity (Wildman–Crippen MR) is 162 cm³/mol. The SMILES string of the molecule is CC[C@H](C)NC(=O)[C@H](Cc1ccccc1)N(Cc1cccc(C)c1)C(=O)CN(c1ccc(Cl)cc1C)S(C)(=O)=O. The molecule has 0 unspecified atom stereocenters. The average Bonchev–Trinajstić information content (AvgIpc) is 2.89. The Morgan fingerprint density at radius 1 is 0.950 bits per heavy atom. The van der Waals surface area contributed by atoms with Crippen molar-refractivity contribution < 1.29 is 18.0 Å². The molecule has 0 saturated carbocycles. The summed E-state index contributed by atoms with van der Waals surface area (Å²) < 4.78 is 27.0. The standard InChI is InChI=1S/C31H38ClN3O4S/c1-6-24(4)33-31(37)29(19-25-12-8-7-9-13-25)34(20-26-14-10-11-22(2)17-26)30(36)21-35(40(5,38)39)28-16-15-27(32)18-23(28)3/h7-18,24,29H,6,19-21H2,1-5H3,(H,33,37)/t24-,29-/m0/s1. The molecule has 214 valence electrons. The van der Waals surface area contributed by atoms with E-state index in [0.29, 0.717) is 16.3 Å². The highest BCUT2D eigenvalue weighted by Crippen LogP contribution is 2.26. The summed E-state index contributed by atoms with van der Waals surface area (Å²) in [5, 5.41) is 3.50. The number of carbonyl (C=O) groups excluding carboxylic acids is 2. The lowest BCUT2D eigenvalue weighted by Crippen LogP contribution is -2.54. The number of rotatable bonds is 12. The van der Waals surface area contributed by atoms with Crippen molar-refractivity contribution in [1.82, 2.24) is 10.2 Å². The molecule has 3 rings (SSSR count). The normalized spacial score (nSPS) is 12.8. The second kappa shape index (κ2) is 13.8. The Balaban J connectivity index is 2.08. The molecule has 0 aromatic heterocycles. The molecule has 1 N–H and O–H groups in total. The molecule has 2 atom stereocenters. The van der Waals surface area contributed by atoms with Crippen molar-refractivity contribution in [3.63, 3.8) is 0 Å². The molecule has 0 aliphatic heterocycles. The van der Waals surface area contributed by atoms with E-state index in [-0.39, 0.29) is 24.9 Å². The third kappa shape index (κ3) is 8.57. The molecular formula is C31H38ClN3O4S. The zero-order valence-electron chi connectivity index (χ0n) is 23.7. The summed E-state index contributed by atoms with van der Waals surface area (Å²) in [6.07, 6.45) is 2.07. The maximum absolute atomic E-state index is 14.1. The highest BCUT2D eigenvalue weighted by molar-refractivity contribution is 7.92. The number of amides is 2. The van der Waals surface area contributed by atoms with Crippen LogP contribution in [0, 0.1) is 13.8 Å². The van der Waals surface area contributed by atoms with E-state index in [9.17, 15) is 18.0 Å². The van der Waals surface area contributed by atoms with Gasteiger partial charge in [0.1, 0.15) is 12.6 Å². The lowest BCUT2D eigenvalue weighted by molar-refractivity contribution is -0.140. The molecule has 0 fully saturated rings. The first-order chi connectivity index (χ1) is 18.9. The number of hydrogen-bond acceptors (Lipinski definition) is 4. The number of nitrogens with zero attached hydrogens (tertiary/aromatic N) is 2. The molecular weight excluding hydrogens is 546 g/mol. The smallest absolute Gasteiger partial charge is 0.244 e. The molecule has 7 nitrogen and oxygen atoms in total. The Labute approximate surface area is 243 Å². The summed E-state index contributed by atoms with van der Waals surface area (Å²) in [6.45, 7) is 7.27. The summed E-state index contributed by atoms with van der Waals surface area (Å²) in [6, 6.07) is 21.1. The van der Waals surface area contributed by atoms with E-state index in [1.165, 1.54) is 4.90 Å². The first kappa shape index (κ1) is 31.2. The summed E-state index contributed by atoms with van der Waals surface area (Å²) in [7, 11) is -3.85. The zero-order valence-corrected chi connectivity index (χ0v) is 25.3. The second-order valence-electron chi connectivity index (χ2n) is 10.2. The van der Waals surface area contributed by atoms with Crippen LogP contribution in [0.2, 0.25) is 5.02 Å². The maximum Gasteiger partial charge on any atom is 0.244 e. The fourth-order valence-corrected chi connectivity index (χ4v) is 5.63. The van der Waals surface area contributed by atoms with Crippen LogP contribution >= 0.6 is 11.6 Å². The Hall–Kier alpha value is -3.36. The van der Waals surface area contributed by atoms with Crippen molar-refractivity contribution in [1.29, 1.82) is 0 Å². The minimum atomic E-state index is -3.85. The largest absolute Gasteiger partial charge is 0.352 e. The first-order valence-corrected chi connectivity index (χ1v) is 15.5. The number of anilines is 1. The van der Waals surface area contributed by atoms with E-state index in [1.807, 2.05) is 75.4 Å². The highest BCUT2D eigenvalue weighted by Gasteiger charge is 2.33. The van der Waals surface area contributed by atoms with Gasteiger partial charge in [-0.05, 0) is 62.1 Å². The van der Waals surface area contributed by atoms with Gasteiger partial charge in [0.2, 0.25) is 21.8 Å². The van der Waals surface area contributed by atoms with Crippen molar-refractivity contribution in [2.45, 2.75) is 59.2 Å². The number of sulfonamides is 1. The molecule has 3 aromatic carbocycles. The van der Waals surface area contributed by atoms with Gasteiger partial charge in [-0.3, -0.25) is 13.9 Å². The van der Waals surface area contributed by atoms with Crippen LogP contribution in [0.15, 0.2) is 72.8 Å². The van der Waals surface area contributed by atoms with Gasteiger partial charge in [0.15, 0.2) is 0 Å². The molecule has 9 heteroatoms. The van der Waals surface area contributed by atoms with Gasteiger partial charge in [-0.2, -0.15) is 0 Å². The molecule has 0 heterocycles. The van der Waals surface area contributed by atoms with E-state index in [0.717, 1.165) is 33.7 Å². The number of carbonyl (C=O) groups is 2. The Kier molecular flexibility index (Phi) is 10.8. The van der Waals surface area contributed by atoms with Crippen LogP contribution in [0.5, 0.6) is 0 Å². The molecule has 0 spiro atoms. The average molecular weight is 584 g/mol. The van der Waals surface area contributed by atoms with Gasteiger partial charge in [0.25, 0.3) is 0 Å². The van der Waals surface area contributed by atoms with Crippen LogP contribution in [0.25, 0.3) is 0 Å². The van der Waals surface area contributed by atoms with Crippen LogP contribution in [-0.2, 0) is 32.6 Å². The molecule has 0 aliphatic carbocycles. The minimum absolute atomic E-state index is 0.0917.